The molecule has 2 rings (SSSR count). The second-order valence-corrected chi connectivity index (χ2v) is 5.17. The molecule has 2 nitrogen and oxygen atoms in total. The molecule has 1 aromatic carbocycles. The summed E-state index contributed by atoms with van der Waals surface area (Å²) in [6.07, 6.45) is -4.49. The summed E-state index contributed by atoms with van der Waals surface area (Å²) in [5, 5.41) is 0. The van der Waals surface area contributed by atoms with Gasteiger partial charge in [-0.15, -0.1) is 0 Å². The smallest absolute Gasteiger partial charge is 0.337 e. The second-order valence-electron chi connectivity index (χ2n) is 3.95. The van der Waals surface area contributed by atoms with Gasteiger partial charge >= 0.3 is 6.18 Å². The Morgan fingerprint density at radius 2 is 1.78 bits per heavy atom. The highest BCUT2D eigenvalue weighted by Gasteiger charge is 2.35. The topological polar surface area (TPSA) is 20.3 Å². The molecule has 1 fully saturated rings. The van der Waals surface area contributed by atoms with Crippen LogP contribution in [-0.2, 0) is 6.18 Å². The first kappa shape index (κ1) is 13.3. The normalized spacial score (nSPS) is 16.7. The largest absolute Gasteiger partial charge is 0.417 e. The number of nitrogens with zero attached hydrogens (tertiary/aromatic N) is 1. The van der Waals surface area contributed by atoms with Crippen molar-refractivity contribution in [3.8, 4) is 0 Å². The zero-order chi connectivity index (χ0) is 13.2. The molecule has 18 heavy (non-hydrogen) atoms. The van der Waals surface area contributed by atoms with E-state index in [1.54, 1.807) is 11.8 Å². The molecule has 0 aromatic heterocycles. The van der Waals surface area contributed by atoms with Crippen molar-refractivity contribution in [1.82, 2.24) is 4.90 Å². The van der Waals surface area contributed by atoms with Gasteiger partial charge in [0.15, 0.2) is 0 Å². The fourth-order valence-corrected chi connectivity index (χ4v) is 2.76. The van der Waals surface area contributed by atoms with Crippen LogP contribution in [0.15, 0.2) is 24.3 Å². The average molecular weight is 275 g/mol. The van der Waals surface area contributed by atoms with Crippen molar-refractivity contribution in [2.24, 2.45) is 0 Å². The van der Waals surface area contributed by atoms with Gasteiger partial charge in [-0.2, -0.15) is 24.9 Å². The molecule has 0 atom stereocenters. The summed E-state index contributed by atoms with van der Waals surface area (Å²) in [6, 6.07) is 4.95. The van der Waals surface area contributed by atoms with Crippen LogP contribution < -0.4 is 0 Å². The first-order valence-electron chi connectivity index (χ1n) is 5.53. The van der Waals surface area contributed by atoms with Gasteiger partial charge in [-0.1, -0.05) is 12.1 Å². The van der Waals surface area contributed by atoms with Crippen molar-refractivity contribution in [2.75, 3.05) is 24.6 Å². The number of carbonyl (C=O) groups is 1. The molecule has 0 spiro atoms. The van der Waals surface area contributed by atoms with Crippen molar-refractivity contribution in [3.63, 3.8) is 0 Å². The molecule has 1 heterocycles. The maximum absolute atomic E-state index is 12.8. The van der Waals surface area contributed by atoms with Crippen LogP contribution in [0.5, 0.6) is 0 Å². The molecule has 0 N–H and O–H groups in total. The van der Waals surface area contributed by atoms with E-state index in [4.69, 9.17) is 0 Å². The van der Waals surface area contributed by atoms with Crippen molar-refractivity contribution < 1.29 is 18.0 Å². The van der Waals surface area contributed by atoms with Crippen molar-refractivity contribution in [3.05, 3.63) is 35.4 Å². The molecule has 0 radical (unpaired) electrons. The number of rotatable bonds is 1. The number of amides is 1. The van der Waals surface area contributed by atoms with E-state index < -0.39 is 17.6 Å². The molecule has 0 aliphatic carbocycles. The Kier molecular flexibility index (Phi) is 3.85. The molecule has 1 aliphatic rings. The van der Waals surface area contributed by atoms with E-state index in [1.807, 2.05) is 0 Å². The summed E-state index contributed by atoms with van der Waals surface area (Å²) in [4.78, 5) is 13.6. The van der Waals surface area contributed by atoms with E-state index in [1.165, 1.54) is 23.1 Å². The van der Waals surface area contributed by atoms with Gasteiger partial charge in [0, 0.05) is 24.6 Å². The number of alkyl halides is 3. The van der Waals surface area contributed by atoms with Gasteiger partial charge < -0.3 is 4.90 Å². The lowest BCUT2D eigenvalue weighted by Crippen LogP contribution is -2.38. The molecule has 1 aromatic rings. The van der Waals surface area contributed by atoms with E-state index in [0.29, 0.717) is 13.1 Å². The van der Waals surface area contributed by atoms with Gasteiger partial charge in [-0.3, -0.25) is 4.79 Å². The highest BCUT2D eigenvalue weighted by Crippen LogP contribution is 2.32. The van der Waals surface area contributed by atoms with Crippen molar-refractivity contribution in [2.45, 2.75) is 6.18 Å². The standard InChI is InChI=1S/C12H12F3NOS/c13-12(14,15)10-4-2-1-3-9(10)11(17)16-5-7-18-8-6-16/h1-4H,5-8H2. The molecular weight excluding hydrogens is 263 g/mol. The van der Waals surface area contributed by atoms with E-state index in [2.05, 4.69) is 0 Å². The summed E-state index contributed by atoms with van der Waals surface area (Å²) >= 11 is 1.70. The Morgan fingerprint density at radius 1 is 1.17 bits per heavy atom. The van der Waals surface area contributed by atoms with Crippen LogP contribution in [-0.4, -0.2) is 35.4 Å². The van der Waals surface area contributed by atoms with E-state index in [0.717, 1.165) is 17.6 Å². The third-order valence-corrected chi connectivity index (χ3v) is 3.70. The Morgan fingerprint density at radius 3 is 2.39 bits per heavy atom. The fourth-order valence-electron chi connectivity index (χ4n) is 1.85. The van der Waals surface area contributed by atoms with Crippen LogP contribution in [0.3, 0.4) is 0 Å². The average Bonchev–Trinajstić information content (AvgIpc) is 2.38. The van der Waals surface area contributed by atoms with Crippen LogP contribution in [0, 0.1) is 0 Å². The Hall–Kier alpha value is -1.17. The molecule has 0 bridgehead atoms. The molecule has 1 aliphatic heterocycles. The van der Waals surface area contributed by atoms with Gasteiger partial charge in [-0.25, -0.2) is 0 Å². The summed E-state index contributed by atoms with van der Waals surface area (Å²) in [5.74, 6) is 1.03. The monoisotopic (exact) mass is 275 g/mol. The highest BCUT2D eigenvalue weighted by atomic mass is 32.2. The second kappa shape index (κ2) is 5.22. The summed E-state index contributed by atoms with van der Waals surface area (Å²) in [5.41, 5.74) is -1.11. The van der Waals surface area contributed by atoms with Crippen LogP contribution in [0.2, 0.25) is 0 Å². The van der Waals surface area contributed by atoms with Gasteiger partial charge in [0.25, 0.3) is 5.91 Å². The first-order valence-corrected chi connectivity index (χ1v) is 6.69. The summed E-state index contributed by atoms with van der Waals surface area (Å²) in [7, 11) is 0. The maximum atomic E-state index is 12.8. The number of halogens is 3. The number of hydrogen-bond donors (Lipinski definition) is 0. The minimum atomic E-state index is -4.49. The Bertz CT molecular complexity index is 441. The lowest BCUT2D eigenvalue weighted by molar-refractivity contribution is -0.138. The van der Waals surface area contributed by atoms with Crippen LogP contribution in [0.25, 0.3) is 0 Å². The molecule has 0 unspecified atom stereocenters. The third-order valence-electron chi connectivity index (χ3n) is 2.76. The van der Waals surface area contributed by atoms with Gasteiger partial charge in [0.2, 0.25) is 0 Å². The quantitative estimate of drug-likeness (QED) is 0.785. The molecular formula is C12H12F3NOS. The van der Waals surface area contributed by atoms with E-state index in [9.17, 15) is 18.0 Å². The Labute approximate surface area is 107 Å². The number of hydrogen-bond acceptors (Lipinski definition) is 2. The van der Waals surface area contributed by atoms with Crippen LogP contribution >= 0.6 is 11.8 Å². The highest BCUT2D eigenvalue weighted by molar-refractivity contribution is 7.99. The number of benzene rings is 1. The molecule has 98 valence electrons. The predicted molar refractivity (Wildman–Crippen MR) is 64.7 cm³/mol. The Balaban J connectivity index is 2.30. The molecule has 0 saturated carbocycles. The van der Waals surface area contributed by atoms with Gasteiger partial charge in [0.1, 0.15) is 0 Å². The van der Waals surface area contributed by atoms with Crippen LogP contribution in [0.1, 0.15) is 15.9 Å². The zero-order valence-corrected chi connectivity index (χ0v) is 10.4. The third kappa shape index (κ3) is 2.80. The predicted octanol–water partition coefficient (Wildman–Crippen LogP) is 2.89. The maximum Gasteiger partial charge on any atom is 0.417 e. The molecule has 1 saturated heterocycles. The van der Waals surface area contributed by atoms with Crippen LogP contribution in [0.4, 0.5) is 13.2 Å². The lowest BCUT2D eigenvalue weighted by Gasteiger charge is -2.27. The fraction of sp³-hybridized carbons (Fsp3) is 0.417. The van der Waals surface area contributed by atoms with Gasteiger partial charge in [-0.05, 0) is 12.1 Å². The summed E-state index contributed by atoms with van der Waals surface area (Å²) < 4.78 is 38.4. The minimum Gasteiger partial charge on any atom is -0.337 e. The molecule has 1 amide bonds. The van der Waals surface area contributed by atoms with E-state index >= 15 is 0 Å². The van der Waals surface area contributed by atoms with Crippen molar-refractivity contribution in [1.29, 1.82) is 0 Å². The lowest BCUT2D eigenvalue weighted by atomic mass is 10.1. The van der Waals surface area contributed by atoms with E-state index in [-0.39, 0.29) is 5.56 Å². The number of thioether (sulfide) groups is 1. The summed E-state index contributed by atoms with van der Waals surface area (Å²) in [6.45, 7) is 1.02. The zero-order valence-electron chi connectivity index (χ0n) is 9.54. The van der Waals surface area contributed by atoms with Gasteiger partial charge in [0.05, 0.1) is 11.1 Å². The first-order chi connectivity index (χ1) is 8.50. The SMILES string of the molecule is O=C(c1ccccc1C(F)(F)F)N1CCSCC1. The van der Waals surface area contributed by atoms with Crippen molar-refractivity contribution >= 4 is 17.7 Å². The minimum absolute atomic E-state index is 0.253. The number of carbonyl (C=O) groups excluding carboxylic acids is 1. The molecule has 6 heteroatoms.